The van der Waals surface area contributed by atoms with Gasteiger partial charge in [-0.1, -0.05) is 12.1 Å². The van der Waals surface area contributed by atoms with Gasteiger partial charge in [0.05, 0.1) is 16.7 Å². The van der Waals surface area contributed by atoms with E-state index in [0.717, 1.165) is 33.4 Å². The zero-order valence-electron chi connectivity index (χ0n) is 19.9. The number of fused-ring (bicyclic) bond motifs is 1. The molecule has 0 fully saturated rings. The molecule has 36 heavy (non-hydrogen) atoms. The van der Waals surface area contributed by atoms with Crippen LogP contribution in [-0.4, -0.2) is 31.8 Å². The number of benzene rings is 2. The summed E-state index contributed by atoms with van der Waals surface area (Å²) in [5.74, 6) is 0.262. The van der Waals surface area contributed by atoms with Gasteiger partial charge in [0.1, 0.15) is 5.82 Å². The third-order valence-electron chi connectivity index (χ3n) is 5.78. The fourth-order valence-electron chi connectivity index (χ4n) is 4.07. The largest absolute Gasteiger partial charge is 0.358 e. The van der Waals surface area contributed by atoms with E-state index >= 15 is 0 Å². The fourth-order valence-corrected chi connectivity index (χ4v) is 4.07. The maximum Gasteiger partial charge on any atom is 0.255 e. The molecule has 5 aromatic rings. The smallest absolute Gasteiger partial charge is 0.255 e. The van der Waals surface area contributed by atoms with Gasteiger partial charge in [-0.3, -0.25) is 14.6 Å². The van der Waals surface area contributed by atoms with Crippen molar-refractivity contribution in [1.29, 1.82) is 0 Å². The molecule has 3 N–H and O–H groups in total. The van der Waals surface area contributed by atoms with E-state index in [4.69, 9.17) is 9.97 Å². The Bertz CT molecular complexity index is 1580. The molecule has 0 aliphatic carbocycles. The molecule has 0 saturated heterocycles. The second-order valence-electron chi connectivity index (χ2n) is 8.50. The van der Waals surface area contributed by atoms with Gasteiger partial charge in [0.15, 0.2) is 0 Å². The van der Waals surface area contributed by atoms with E-state index in [1.165, 1.54) is 6.92 Å². The van der Waals surface area contributed by atoms with E-state index in [1.54, 1.807) is 36.7 Å². The molecule has 8 heteroatoms. The van der Waals surface area contributed by atoms with Crippen molar-refractivity contribution in [1.82, 2.24) is 19.9 Å². The summed E-state index contributed by atoms with van der Waals surface area (Å²) in [5.41, 5.74) is 7.26. The fraction of sp³-hybridized carbons (Fsp3) is 0.107. The highest BCUT2D eigenvalue weighted by atomic mass is 16.2. The minimum Gasteiger partial charge on any atom is -0.358 e. The molecule has 0 bridgehead atoms. The molecule has 0 atom stereocenters. The quantitative estimate of drug-likeness (QED) is 0.314. The van der Waals surface area contributed by atoms with E-state index < -0.39 is 0 Å². The number of aryl methyl sites for hydroxylation is 1. The number of amides is 2. The molecule has 2 amide bonds. The molecule has 3 aromatic heterocycles. The minimum atomic E-state index is -0.253. The number of nitrogens with one attached hydrogen (secondary N) is 3. The van der Waals surface area contributed by atoms with Gasteiger partial charge in [0, 0.05) is 54.4 Å². The topological polar surface area (TPSA) is 113 Å². The van der Waals surface area contributed by atoms with Gasteiger partial charge in [0.25, 0.3) is 5.91 Å². The lowest BCUT2D eigenvalue weighted by molar-refractivity contribution is -0.114. The first-order chi connectivity index (χ1) is 17.5. The molecule has 0 spiro atoms. The minimum absolute atomic E-state index is 0.189. The summed E-state index contributed by atoms with van der Waals surface area (Å²) in [6.45, 7) is 3.43. The highest BCUT2D eigenvalue weighted by Crippen LogP contribution is 2.26. The maximum absolute atomic E-state index is 12.8. The lowest BCUT2D eigenvalue weighted by atomic mass is 10.0. The Morgan fingerprint density at radius 1 is 0.944 bits per heavy atom. The predicted molar refractivity (Wildman–Crippen MR) is 140 cm³/mol. The van der Waals surface area contributed by atoms with Crippen molar-refractivity contribution in [3.63, 3.8) is 0 Å². The standard InChI is InChI=1S/C28H24N6O2/c1-17-13-23(32-28(36)20-5-3-7-22(14-20)31-18(2)35)9-8-19(17)15-25-33-24-10-12-30-27(24)26(34-25)21-6-4-11-29-16-21/h3-14,16,30H,15H2,1-2H3,(H,31,35)(H,32,36). The first-order valence-electron chi connectivity index (χ1n) is 11.5. The Hall–Kier alpha value is -4.85. The Morgan fingerprint density at radius 2 is 1.81 bits per heavy atom. The highest BCUT2D eigenvalue weighted by molar-refractivity contribution is 6.05. The monoisotopic (exact) mass is 476 g/mol. The third kappa shape index (κ3) is 4.97. The highest BCUT2D eigenvalue weighted by Gasteiger charge is 2.13. The van der Waals surface area contributed by atoms with Crippen LogP contribution >= 0.6 is 0 Å². The number of hydrogen-bond acceptors (Lipinski definition) is 5. The molecule has 0 aliphatic heterocycles. The van der Waals surface area contributed by atoms with Crippen LogP contribution < -0.4 is 10.6 Å². The number of aromatic amines is 1. The summed E-state index contributed by atoms with van der Waals surface area (Å²) >= 11 is 0. The summed E-state index contributed by atoms with van der Waals surface area (Å²) in [6.07, 6.45) is 5.94. The molecule has 0 aliphatic rings. The first-order valence-corrected chi connectivity index (χ1v) is 11.5. The average molecular weight is 477 g/mol. The predicted octanol–water partition coefficient (Wildman–Crippen LogP) is 5.13. The van der Waals surface area contributed by atoms with Crippen LogP contribution in [0.25, 0.3) is 22.3 Å². The van der Waals surface area contributed by atoms with Crippen molar-refractivity contribution in [3.8, 4) is 11.3 Å². The number of anilines is 2. The lowest BCUT2D eigenvalue weighted by Gasteiger charge is -2.11. The van der Waals surface area contributed by atoms with Crippen LogP contribution in [0.4, 0.5) is 11.4 Å². The van der Waals surface area contributed by atoms with Gasteiger partial charge in [0.2, 0.25) is 5.91 Å². The first kappa shape index (κ1) is 22.9. The number of nitrogens with zero attached hydrogens (tertiary/aromatic N) is 3. The van der Waals surface area contributed by atoms with Crippen LogP contribution in [0.15, 0.2) is 79.3 Å². The molecule has 2 aromatic carbocycles. The zero-order chi connectivity index (χ0) is 25.1. The van der Waals surface area contributed by atoms with Crippen LogP contribution in [-0.2, 0) is 11.2 Å². The second-order valence-corrected chi connectivity index (χ2v) is 8.50. The molecule has 3 heterocycles. The van der Waals surface area contributed by atoms with Gasteiger partial charge >= 0.3 is 0 Å². The number of aromatic nitrogens is 4. The van der Waals surface area contributed by atoms with Gasteiger partial charge in [-0.25, -0.2) is 9.97 Å². The lowest BCUT2D eigenvalue weighted by Crippen LogP contribution is -2.13. The zero-order valence-corrected chi connectivity index (χ0v) is 19.9. The van der Waals surface area contributed by atoms with Crippen LogP contribution in [0.5, 0.6) is 0 Å². The number of rotatable bonds is 6. The molecular formula is C28H24N6O2. The van der Waals surface area contributed by atoms with Gasteiger partial charge in [-0.15, -0.1) is 0 Å². The van der Waals surface area contributed by atoms with Crippen molar-refractivity contribution < 1.29 is 9.59 Å². The number of H-pyrrole nitrogens is 1. The number of pyridine rings is 1. The van der Waals surface area contributed by atoms with Crippen LogP contribution in [0.1, 0.15) is 34.2 Å². The van der Waals surface area contributed by atoms with Crippen LogP contribution in [0.3, 0.4) is 0 Å². The number of hydrogen-bond donors (Lipinski definition) is 3. The Morgan fingerprint density at radius 3 is 2.58 bits per heavy atom. The average Bonchev–Trinajstić information content (AvgIpc) is 3.34. The third-order valence-corrected chi connectivity index (χ3v) is 5.78. The SMILES string of the molecule is CC(=O)Nc1cccc(C(=O)Nc2ccc(Cc3nc(-c4cccnc4)c4[nH]ccc4n3)c(C)c2)c1. The Balaban J connectivity index is 1.36. The van der Waals surface area contributed by atoms with E-state index in [2.05, 4.69) is 20.6 Å². The van der Waals surface area contributed by atoms with E-state index in [-0.39, 0.29) is 11.8 Å². The molecular weight excluding hydrogens is 452 g/mol. The number of carbonyl (C=O) groups excluding carboxylic acids is 2. The molecule has 0 radical (unpaired) electrons. The summed E-state index contributed by atoms with van der Waals surface area (Å²) in [5, 5.41) is 5.62. The van der Waals surface area contributed by atoms with E-state index in [1.807, 2.05) is 49.5 Å². The van der Waals surface area contributed by atoms with Crippen molar-refractivity contribution in [2.45, 2.75) is 20.3 Å². The molecule has 8 nitrogen and oxygen atoms in total. The molecule has 5 rings (SSSR count). The summed E-state index contributed by atoms with van der Waals surface area (Å²) in [7, 11) is 0. The van der Waals surface area contributed by atoms with E-state index in [9.17, 15) is 9.59 Å². The van der Waals surface area contributed by atoms with Crippen LogP contribution in [0, 0.1) is 6.92 Å². The summed E-state index contributed by atoms with van der Waals surface area (Å²) in [4.78, 5) is 41.1. The van der Waals surface area contributed by atoms with Crippen molar-refractivity contribution in [2.75, 3.05) is 10.6 Å². The van der Waals surface area contributed by atoms with Crippen LogP contribution in [0.2, 0.25) is 0 Å². The second kappa shape index (κ2) is 9.79. The van der Waals surface area contributed by atoms with Crippen molar-refractivity contribution in [3.05, 3.63) is 102 Å². The summed E-state index contributed by atoms with van der Waals surface area (Å²) in [6, 6.07) is 18.4. The number of carbonyl (C=O) groups is 2. The normalized spacial score (nSPS) is 10.8. The Labute approximate surface area is 207 Å². The molecule has 178 valence electrons. The van der Waals surface area contributed by atoms with Gasteiger partial charge in [-0.05, 0) is 66.6 Å². The maximum atomic E-state index is 12.8. The van der Waals surface area contributed by atoms with E-state index in [0.29, 0.717) is 29.2 Å². The van der Waals surface area contributed by atoms with Gasteiger partial charge < -0.3 is 15.6 Å². The Kier molecular flexibility index (Phi) is 6.23. The van der Waals surface area contributed by atoms with Crippen molar-refractivity contribution in [2.24, 2.45) is 0 Å². The summed E-state index contributed by atoms with van der Waals surface area (Å²) < 4.78 is 0. The molecule has 0 unspecified atom stereocenters. The van der Waals surface area contributed by atoms with Gasteiger partial charge in [-0.2, -0.15) is 0 Å². The van der Waals surface area contributed by atoms with Crippen molar-refractivity contribution >= 4 is 34.2 Å². The molecule has 0 saturated carbocycles.